The van der Waals surface area contributed by atoms with E-state index in [2.05, 4.69) is 4.98 Å². The highest BCUT2D eigenvalue weighted by atomic mass is 19.1. The quantitative estimate of drug-likeness (QED) is 0.760. The van der Waals surface area contributed by atoms with Gasteiger partial charge in [-0.25, -0.2) is 8.78 Å². The Bertz CT molecular complexity index is 301. The number of pyridine rings is 1. The maximum absolute atomic E-state index is 12.9. The summed E-state index contributed by atoms with van der Waals surface area (Å²) in [5, 5.41) is 0. The molecule has 0 amide bonds. The van der Waals surface area contributed by atoms with E-state index in [-0.39, 0.29) is 11.6 Å². The Morgan fingerprint density at radius 2 is 1.92 bits per heavy atom. The van der Waals surface area contributed by atoms with Crippen molar-refractivity contribution in [3.8, 4) is 0 Å². The van der Waals surface area contributed by atoms with Gasteiger partial charge in [-0.3, -0.25) is 4.98 Å². The molecular formula is C9H10F2N2. The monoisotopic (exact) mass is 184 g/mol. The average Bonchev–Trinajstić information content (AvgIpc) is 2.03. The molecule has 0 fully saturated rings. The van der Waals surface area contributed by atoms with Crippen molar-refractivity contribution in [3.63, 3.8) is 0 Å². The fourth-order valence-corrected chi connectivity index (χ4v) is 0.829. The molecule has 2 N–H and O–H groups in total. The van der Waals surface area contributed by atoms with Gasteiger partial charge in [0.1, 0.15) is 0 Å². The van der Waals surface area contributed by atoms with Gasteiger partial charge in [-0.2, -0.15) is 0 Å². The van der Waals surface area contributed by atoms with Gasteiger partial charge >= 0.3 is 0 Å². The van der Waals surface area contributed by atoms with Crippen molar-refractivity contribution in [2.24, 2.45) is 5.73 Å². The maximum atomic E-state index is 12.9. The summed E-state index contributed by atoms with van der Waals surface area (Å²) in [5.41, 5.74) is 5.29. The lowest BCUT2D eigenvalue weighted by molar-refractivity contribution is 0.568. The van der Waals surface area contributed by atoms with Crippen LogP contribution in [0.15, 0.2) is 18.5 Å². The Morgan fingerprint density at radius 1 is 1.38 bits per heavy atom. The standard InChI is InChI=1S/C9H10F2N2/c1-6(12)2-3-7-8(10)4-13-5-9(7)11/h2-6H,12H2,1H3/b3-2+. The van der Waals surface area contributed by atoms with Crippen LogP contribution in [0.1, 0.15) is 12.5 Å². The lowest BCUT2D eigenvalue weighted by Crippen LogP contribution is -2.10. The van der Waals surface area contributed by atoms with Gasteiger partial charge in [0.05, 0.1) is 12.4 Å². The van der Waals surface area contributed by atoms with E-state index in [4.69, 9.17) is 5.73 Å². The van der Waals surface area contributed by atoms with Crippen LogP contribution in [-0.4, -0.2) is 11.0 Å². The largest absolute Gasteiger partial charge is 0.325 e. The van der Waals surface area contributed by atoms with Crippen molar-refractivity contribution < 1.29 is 8.78 Å². The number of aromatic nitrogens is 1. The van der Waals surface area contributed by atoms with Gasteiger partial charge in [-0.1, -0.05) is 12.2 Å². The van der Waals surface area contributed by atoms with Gasteiger partial charge in [-0.15, -0.1) is 0 Å². The molecule has 0 saturated heterocycles. The van der Waals surface area contributed by atoms with E-state index in [1.54, 1.807) is 6.92 Å². The molecule has 0 aliphatic rings. The molecule has 1 unspecified atom stereocenters. The first-order valence-electron chi connectivity index (χ1n) is 3.84. The Kier molecular flexibility index (Phi) is 3.08. The van der Waals surface area contributed by atoms with Crippen LogP contribution in [0.2, 0.25) is 0 Å². The Hall–Kier alpha value is -1.29. The first-order chi connectivity index (χ1) is 6.11. The molecule has 0 bridgehead atoms. The van der Waals surface area contributed by atoms with Crippen LogP contribution in [0.3, 0.4) is 0 Å². The van der Waals surface area contributed by atoms with Crippen molar-refractivity contribution in [3.05, 3.63) is 35.7 Å². The number of rotatable bonds is 2. The lowest BCUT2D eigenvalue weighted by Gasteiger charge is -1.98. The van der Waals surface area contributed by atoms with Crippen LogP contribution < -0.4 is 5.73 Å². The minimum atomic E-state index is -0.683. The predicted octanol–water partition coefficient (Wildman–Crippen LogP) is 1.72. The molecule has 0 spiro atoms. The lowest BCUT2D eigenvalue weighted by atomic mass is 10.2. The molecule has 4 heteroatoms. The van der Waals surface area contributed by atoms with Crippen LogP contribution >= 0.6 is 0 Å². The Balaban J connectivity index is 3.00. The molecule has 0 radical (unpaired) electrons. The Labute approximate surface area is 75.1 Å². The zero-order chi connectivity index (χ0) is 9.84. The SMILES string of the molecule is CC(N)/C=C/c1c(F)cncc1F. The average molecular weight is 184 g/mol. The van der Waals surface area contributed by atoms with Gasteiger partial charge in [0.15, 0.2) is 11.6 Å². The second-order valence-corrected chi connectivity index (χ2v) is 2.74. The van der Waals surface area contributed by atoms with Crippen molar-refractivity contribution >= 4 is 6.08 Å². The Morgan fingerprint density at radius 3 is 2.38 bits per heavy atom. The van der Waals surface area contributed by atoms with E-state index in [1.807, 2.05) is 0 Å². The molecule has 1 aromatic heterocycles. The molecule has 1 heterocycles. The highest BCUT2D eigenvalue weighted by molar-refractivity contribution is 5.50. The normalized spacial score (nSPS) is 13.5. The van der Waals surface area contributed by atoms with Gasteiger partial charge in [0.25, 0.3) is 0 Å². The van der Waals surface area contributed by atoms with Gasteiger partial charge in [-0.05, 0) is 6.92 Å². The molecule has 0 aliphatic carbocycles. The van der Waals surface area contributed by atoms with Crippen molar-refractivity contribution in [1.29, 1.82) is 0 Å². The van der Waals surface area contributed by atoms with Crippen LogP contribution in [0.5, 0.6) is 0 Å². The van der Waals surface area contributed by atoms with Gasteiger partial charge in [0, 0.05) is 11.6 Å². The highest BCUT2D eigenvalue weighted by Crippen LogP contribution is 2.11. The van der Waals surface area contributed by atoms with Crippen molar-refractivity contribution in [2.45, 2.75) is 13.0 Å². The third-order valence-corrected chi connectivity index (χ3v) is 1.46. The summed E-state index contributed by atoms with van der Waals surface area (Å²) < 4.78 is 25.8. The van der Waals surface area contributed by atoms with E-state index in [1.165, 1.54) is 12.2 Å². The van der Waals surface area contributed by atoms with E-state index < -0.39 is 11.6 Å². The summed E-state index contributed by atoms with van der Waals surface area (Å²) in [5.74, 6) is -1.37. The second-order valence-electron chi connectivity index (χ2n) is 2.74. The fourth-order valence-electron chi connectivity index (χ4n) is 0.829. The van der Waals surface area contributed by atoms with E-state index >= 15 is 0 Å². The van der Waals surface area contributed by atoms with Crippen molar-refractivity contribution in [2.75, 3.05) is 0 Å². The number of hydrogen-bond donors (Lipinski definition) is 1. The minimum absolute atomic E-state index is 0.104. The number of nitrogens with two attached hydrogens (primary N) is 1. The van der Waals surface area contributed by atoms with Gasteiger partial charge < -0.3 is 5.73 Å². The molecule has 0 aromatic carbocycles. The summed E-state index contributed by atoms with van der Waals surface area (Å²) in [4.78, 5) is 3.36. The molecule has 70 valence electrons. The molecule has 1 atom stereocenters. The molecule has 13 heavy (non-hydrogen) atoms. The third-order valence-electron chi connectivity index (χ3n) is 1.46. The van der Waals surface area contributed by atoms with Gasteiger partial charge in [0.2, 0.25) is 0 Å². The third kappa shape index (κ3) is 2.59. The molecule has 1 aromatic rings. The minimum Gasteiger partial charge on any atom is -0.325 e. The first kappa shape index (κ1) is 9.80. The summed E-state index contributed by atoms with van der Waals surface area (Å²) in [6, 6.07) is -0.230. The maximum Gasteiger partial charge on any atom is 0.151 e. The van der Waals surface area contributed by atoms with Crippen molar-refractivity contribution in [1.82, 2.24) is 4.98 Å². The zero-order valence-electron chi connectivity index (χ0n) is 7.17. The van der Waals surface area contributed by atoms with Crippen LogP contribution in [0, 0.1) is 11.6 Å². The first-order valence-corrected chi connectivity index (χ1v) is 3.84. The summed E-state index contributed by atoms with van der Waals surface area (Å²) in [7, 11) is 0. The molecule has 0 aliphatic heterocycles. The van der Waals surface area contributed by atoms with Crippen LogP contribution in [0.4, 0.5) is 8.78 Å². The fraction of sp³-hybridized carbons (Fsp3) is 0.222. The molecule has 1 rings (SSSR count). The van der Waals surface area contributed by atoms with Crippen LogP contribution in [-0.2, 0) is 0 Å². The summed E-state index contributed by atoms with van der Waals surface area (Å²) >= 11 is 0. The number of hydrogen-bond acceptors (Lipinski definition) is 2. The highest BCUT2D eigenvalue weighted by Gasteiger charge is 2.04. The van der Waals surface area contributed by atoms with Crippen LogP contribution in [0.25, 0.3) is 6.08 Å². The smallest absolute Gasteiger partial charge is 0.151 e. The zero-order valence-corrected chi connectivity index (χ0v) is 7.17. The topological polar surface area (TPSA) is 38.9 Å². The molecule has 0 saturated carbocycles. The van der Waals surface area contributed by atoms with E-state index in [0.717, 1.165) is 12.4 Å². The van der Waals surface area contributed by atoms with E-state index in [0.29, 0.717) is 0 Å². The number of halogens is 2. The summed E-state index contributed by atoms with van der Waals surface area (Å²) in [6.07, 6.45) is 4.76. The predicted molar refractivity (Wildman–Crippen MR) is 46.8 cm³/mol. The number of nitrogens with zero attached hydrogens (tertiary/aromatic N) is 1. The van der Waals surface area contributed by atoms with E-state index in [9.17, 15) is 8.78 Å². The summed E-state index contributed by atoms with van der Waals surface area (Å²) in [6.45, 7) is 1.72. The molecular weight excluding hydrogens is 174 g/mol. The molecule has 2 nitrogen and oxygen atoms in total. The second kappa shape index (κ2) is 4.09.